The summed E-state index contributed by atoms with van der Waals surface area (Å²) in [6, 6.07) is 5.77. The van der Waals surface area contributed by atoms with Gasteiger partial charge in [0.05, 0.1) is 12.0 Å². The summed E-state index contributed by atoms with van der Waals surface area (Å²) in [5.41, 5.74) is 2.82. The molecule has 0 aliphatic rings. The number of alkyl halides is 2. The lowest BCUT2D eigenvalue weighted by atomic mass is 10.0. The number of H-pyrrole nitrogens is 1. The maximum atomic E-state index is 9.66. The minimum absolute atomic E-state index is 0.192. The maximum Gasteiger partial charge on any atom is 0.0925 e. The van der Waals surface area contributed by atoms with Gasteiger partial charge in [-0.25, -0.2) is 0 Å². The molecule has 4 heteroatoms. The Morgan fingerprint density at radius 3 is 2.80 bits per heavy atom. The van der Waals surface area contributed by atoms with Crippen LogP contribution in [0.15, 0.2) is 24.4 Å². The first-order valence-corrected chi connectivity index (χ1v) is 5.73. The van der Waals surface area contributed by atoms with Gasteiger partial charge in [-0.15, -0.1) is 23.2 Å². The van der Waals surface area contributed by atoms with Crippen molar-refractivity contribution in [2.45, 2.75) is 12.0 Å². The summed E-state index contributed by atoms with van der Waals surface area (Å²) in [4.78, 5) is 3.12. The number of rotatable bonds is 3. The molecule has 0 bridgehead atoms. The number of aliphatic hydroxyl groups is 1. The molecule has 1 aromatic heterocycles. The van der Waals surface area contributed by atoms with E-state index in [4.69, 9.17) is 23.2 Å². The molecule has 0 saturated heterocycles. The highest BCUT2D eigenvalue weighted by atomic mass is 35.5. The molecule has 2 aromatic rings. The first-order chi connectivity index (χ1) is 7.26. The molecule has 0 aliphatic heterocycles. The van der Waals surface area contributed by atoms with Crippen LogP contribution in [0.5, 0.6) is 0 Å². The third kappa shape index (κ3) is 1.98. The van der Waals surface area contributed by atoms with Crippen LogP contribution in [-0.2, 0) is 5.88 Å². The van der Waals surface area contributed by atoms with Gasteiger partial charge in [-0.2, -0.15) is 0 Å². The van der Waals surface area contributed by atoms with Crippen LogP contribution in [0.2, 0.25) is 0 Å². The van der Waals surface area contributed by atoms with Crippen molar-refractivity contribution < 1.29 is 5.11 Å². The molecule has 2 nitrogen and oxygen atoms in total. The first-order valence-electron chi connectivity index (χ1n) is 4.66. The zero-order valence-electron chi connectivity index (χ0n) is 8.00. The van der Waals surface area contributed by atoms with Crippen molar-refractivity contribution in [3.63, 3.8) is 0 Å². The SMILES string of the molecule is OC(CCl)c1cc(CCl)c2[nH]ccc2c1. The first kappa shape index (κ1) is 10.8. The van der Waals surface area contributed by atoms with Gasteiger partial charge in [-0.05, 0) is 29.3 Å². The smallest absolute Gasteiger partial charge is 0.0925 e. The molecule has 0 radical (unpaired) electrons. The van der Waals surface area contributed by atoms with Crippen molar-refractivity contribution in [2.75, 3.05) is 5.88 Å². The number of aliphatic hydroxyl groups excluding tert-OH is 1. The minimum Gasteiger partial charge on any atom is -0.387 e. The zero-order valence-corrected chi connectivity index (χ0v) is 9.52. The average Bonchev–Trinajstić information content (AvgIpc) is 2.74. The van der Waals surface area contributed by atoms with Crippen LogP contribution in [0, 0.1) is 0 Å². The van der Waals surface area contributed by atoms with Crippen LogP contribution in [0.4, 0.5) is 0 Å². The lowest BCUT2D eigenvalue weighted by Gasteiger charge is -2.09. The zero-order chi connectivity index (χ0) is 10.8. The fourth-order valence-electron chi connectivity index (χ4n) is 1.66. The molecule has 2 N–H and O–H groups in total. The number of benzene rings is 1. The highest BCUT2D eigenvalue weighted by Crippen LogP contribution is 2.25. The summed E-state index contributed by atoms with van der Waals surface area (Å²) in [7, 11) is 0. The second-order valence-corrected chi connectivity index (χ2v) is 4.00. The standard InChI is InChI=1S/C11H11Cl2NO/c12-5-9-4-8(10(15)6-13)3-7-1-2-14-11(7)9/h1-4,10,14-15H,5-6H2. The van der Waals surface area contributed by atoms with E-state index in [9.17, 15) is 5.11 Å². The quantitative estimate of drug-likeness (QED) is 0.799. The van der Waals surface area contributed by atoms with Gasteiger partial charge in [0, 0.05) is 23.0 Å². The van der Waals surface area contributed by atoms with Crippen LogP contribution in [0.25, 0.3) is 10.9 Å². The number of hydrogen-bond acceptors (Lipinski definition) is 1. The maximum absolute atomic E-state index is 9.66. The molecule has 15 heavy (non-hydrogen) atoms. The number of nitrogens with one attached hydrogen (secondary N) is 1. The van der Waals surface area contributed by atoms with Gasteiger partial charge in [0.2, 0.25) is 0 Å². The normalized spacial score (nSPS) is 13.3. The summed E-state index contributed by atoms with van der Waals surface area (Å²) < 4.78 is 0. The van der Waals surface area contributed by atoms with Crippen LogP contribution >= 0.6 is 23.2 Å². The molecule has 1 heterocycles. The van der Waals surface area contributed by atoms with Gasteiger partial charge >= 0.3 is 0 Å². The van der Waals surface area contributed by atoms with Gasteiger partial charge in [0.15, 0.2) is 0 Å². The second kappa shape index (κ2) is 4.44. The number of fused-ring (bicyclic) bond motifs is 1. The highest BCUT2D eigenvalue weighted by Gasteiger charge is 2.10. The molecule has 0 spiro atoms. The lowest BCUT2D eigenvalue weighted by Crippen LogP contribution is -1.99. The van der Waals surface area contributed by atoms with E-state index in [0.717, 1.165) is 22.0 Å². The Balaban J connectivity index is 2.58. The molecule has 2 rings (SSSR count). The molecule has 0 saturated carbocycles. The summed E-state index contributed by atoms with van der Waals surface area (Å²) >= 11 is 11.5. The Labute approximate surface area is 97.8 Å². The third-order valence-electron chi connectivity index (χ3n) is 2.44. The molecular formula is C11H11Cl2NO. The number of aromatic amines is 1. The van der Waals surface area contributed by atoms with Crippen molar-refractivity contribution in [2.24, 2.45) is 0 Å². The second-order valence-electron chi connectivity index (χ2n) is 3.43. The van der Waals surface area contributed by atoms with Crippen molar-refractivity contribution in [1.82, 2.24) is 4.98 Å². The highest BCUT2D eigenvalue weighted by molar-refractivity contribution is 6.18. The average molecular weight is 244 g/mol. The van der Waals surface area contributed by atoms with E-state index in [0.29, 0.717) is 5.88 Å². The van der Waals surface area contributed by atoms with E-state index in [1.807, 2.05) is 24.4 Å². The van der Waals surface area contributed by atoms with Crippen LogP contribution in [0.1, 0.15) is 17.2 Å². The molecule has 80 valence electrons. The van der Waals surface area contributed by atoms with E-state index < -0.39 is 6.10 Å². The Morgan fingerprint density at radius 2 is 2.13 bits per heavy atom. The van der Waals surface area contributed by atoms with E-state index in [2.05, 4.69) is 4.98 Å². The summed E-state index contributed by atoms with van der Waals surface area (Å²) in [5, 5.41) is 10.7. The van der Waals surface area contributed by atoms with Crippen LogP contribution < -0.4 is 0 Å². The van der Waals surface area contributed by atoms with E-state index in [1.54, 1.807) is 0 Å². The summed E-state index contributed by atoms with van der Waals surface area (Å²) in [5.74, 6) is 0.609. The molecule has 0 aliphatic carbocycles. The van der Waals surface area contributed by atoms with Crippen molar-refractivity contribution >= 4 is 34.1 Å². The molecule has 1 atom stereocenters. The number of aromatic nitrogens is 1. The Hall–Kier alpha value is -0.700. The Kier molecular flexibility index (Phi) is 3.19. The largest absolute Gasteiger partial charge is 0.387 e. The Bertz CT molecular complexity index is 467. The van der Waals surface area contributed by atoms with Gasteiger partial charge in [0.1, 0.15) is 0 Å². The van der Waals surface area contributed by atoms with E-state index in [1.165, 1.54) is 0 Å². The molecule has 0 fully saturated rings. The van der Waals surface area contributed by atoms with E-state index in [-0.39, 0.29) is 5.88 Å². The van der Waals surface area contributed by atoms with Gasteiger partial charge in [-0.3, -0.25) is 0 Å². The predicted octanol–water partition coefficient (Wildman–Crippen LogP) is 3.18. The van der Waals surface area contributed by atoms with Crippen molar-refractivity contribution in [3.05, 3.63) is 35.5 Å². The van der Waals surface area contributed by atoms with Gasteiger partial charge in [0.25, 0.3) is 0 Å². The van der Waals surface area contributed by atoms with Crippen molar-refractivity contribution in [3.8, 4) is 0 Å². The minimum atomic E-state index is -0.632. The third-order valence-corrected chi connectivity index (χ3v) is 3.02. The molecule has 0 amide bonds. The molecule has 1 unspecified atom stereocenters. The predicted molar refractivity (Wildman–Crippen MR) is 63.5 cm³/mol. The summed E-state index contributed by atoms with van der Waals surface area (Å²) in [6.07, 6.45) is 1.23. The molecule has 1 aromatic carbocycles. The number of hydrogen-bond donors (Lipinski definition) is 2. The lowest BCUT2D eigenvalue weighted by molar-refractivity contribution is 0.203. The van der Waals surface area contributed by atoms with Crippen LogP contribution in [-0.4, -0.2) is 16.0 Å². The van der Waals surface area contributed by atoms with Gasteiger partial charge in [-0.1, -0.05) is 0 Å². The van der Waals surface area contributed by atoms with Crippen molar-refractivity contribution in [1.29, 1.82) is 0 Å². The van der Waals surface area contributed by atoms with Crippen LogP contribution in [0.3, 0.4) is 0 Å². The van der Waals surface area contributed by atoms with E-state index >= 15 is 0 Å². The fraction of sp³-hybridized carbons (Fsp3) is 0.273. The topological polar surface area (TPSA) is 36.0 Å². The summed E-state index contributed by atoms with van der Waals surface area (Å²) in [6.45, 7) is 0. The number of halogens is 2. The fourth-order valence-corrected chi connectivity index (χ4v) is 2.05. The Morgan fingerprint density at radius 1 is 1.33 bits per heavy atom. The monoisotopic (exact) mass is 243 g/mol. The van der Waals surface area contributed by atoms with Gasteiger partial charge < -0.3 is 10.1 Å². The molecular weight excluding hydrogens is 233 g/mol.